The van der Waals surface area contributed by atoms with E-state index >= 15 is 0 Å². The lowest BCUT2D eigenvalue weighted by Crippen LogP contribution is -2.36. The second-order valence-corrected chi connectivity index (χ2v) is 5.36. The van der Waals surface area contributed by atoms with Crippen LogP contribution in [-0.4, -0.2) is 31.1 Å². The first-order valence-electron chi connectivity index (χ1n) is 7.65. The Hall–Kier alpha value is -0.860. The number of nitrogens with zero attached hydrogens (tertiary/aromatic N) is 1. The first kappa shape index (κ1) is 16.2. The quantitative estimate of drug-likeness (QED) is 0.768. The molecule has 0 aliphatic rings. The third kappa shape index (κ3) is 4.96. The predicted molar refractivity (Wildman–Crippen MR) is 84.7 cm³/mol. The number of aryl methyl sites for hydroxylation is 2. The van der Waals surface area contributed by atoms with Crippen molar-refractivity contribution in [3.8, 4) is 0 Å². The van der Waals surface area contributed by atoms with Crippen LogP contribution in [0.3, 0.4) is 0 Å². The Labute approximate surface area is 119 Å². The van der Waals surface area contributed by atoms with Gasteiger partial charge in [-0.1, -0.05) is 44.5 Å². The van der Waals surface area contributed by atoms with Crippen molar-refractivity contribution in [2.24, 2.45) is 0 Å². The van der Waals surface area contributed by atoms with Gasteiger partial charge in [-0.15, -0.1) is 0 Å². The van der Waals surface area contributed by atoms with Crippen LogP contribution in [-0.2, 0) is 0 Å². The fourth-order valence-corrected chi connectivity index (χ4v) is 2.69. The van der Waals surface area contributed by atoms with Crippen LogP contribution in [0.4, 0.5) is 0 Å². The minimum atomic E-state index is 0.442. The van der Waals surface area contributed by atoms with Crippen molar-refractivity contribution >= 4 is 0 Å². The van der Waals surface area contributed by atoms with Crippen LogP contribution in [0.15, 0.2) is 18.2 Å². The maximum Gasteiger partial charge on any atom is 0.0451 e. The van der Waals surface area contributed by atoms with Gasteiger partial charge in [0.05, 0.1) is 0 Å². The van der Waals surface area contributed by atoms with Gasteiger partial charge in [-0.2, -0.15) is 0 Å². The van der Waals surface area contributed by atoms with Crippen LogP contribution in [0.1, 0.15) is 49.9 Å². The molecule has 1 N–H and O–H groups in total. The summed E-state index contributed by atoms with van der Waals surface area (Å²) in [5, 5.41) is 3.64. The second-order valence-electron chi connectivity index (χ2n) is 5.36. The Morgan fingerprint density at radius 3 is 2.42 bits per heavy atom. The van der Waals surface area contributed by atoms with Crippen LogP contribution < -0.4 is 5.32 Å². The lowest BCUT2D eigenvalue weighted by molar-refractivity contribution is 0.255. The first-order valence-corrected chi connectivity index (χ1v) is 7.65. The van der Waals surface area contributed by atoms with Gasteiger partial charge in [0.25, 0.3) is 0 Å². The molecule has 108 valence electrons. The molecule has 1 atom stereocenters. The number of likely N-dealkylation sites (N-methyl/N-ethyl adjacent to an activating group) is 2. The van der Waals surface area contributed by atoms with Gasteiger partial charge in [0.2, 0.25) is 0 Å². The maximum atomic E-state index is 3.64. The number of benzene rings is 1. The number of hydrogen-bond donors (Lipinski definition) is 1. The van der Waals surface area contributed by atoms with Gasteiger partial charge < -0.3 is 10.2 Å². The monoisotopic (exact) mass is 262 g/mol. The molecule has 1 aromatic rings. The normalized spacial score (nSPS) is 12.9. The molecule has 1 aromatic carbocycles. The van der Waals surface area contributed by atoms with E-state index in [0.29, 0.717) is 6.04 Å². The molecule has 0 fully saturated rings. The molecule has 0 bridgehead atoms. The van der Waals surface area contributed by atoms with E-state index in [9.17, 15) is 0 Å². The molecule has 2 heteroatoms. The van der Waals surface area contributed by atoms with Crippen LogP contribution in [0.25, 0.3) is 0 Å². The summed E-state index contributed by atoms with van der Waals surface area (Å²) in [5.41, 5.74) is 4.19. The molecule has 0 spiro atoms. The standard InChI is InChI=1S/C17H30N2/c1-6-11-19(8-3)13-17(18-7-2)16-10-9-14(4)12-15(16)5/h9-10,12,17-18H,6-8,11,13H2,1-5H3. The average Bonchev–Trinajstić information content (AvgIpc) is 2.37. The second kappa shape index (κ2) is 8.34. The Balaban J connectivity index is 2.86. The molecule has 0 amide bonds. The van der Waals surface area contributed by atoms with E-state index in [2.05, 4.69) is 63.0 Å². The van der Waals surface area contributed by atoms with Crippen molar-refractivity contribution in [1.82, 2.24) is 10.2 Å². The van der Waals surface area contributed by atoms with Gasteiger partial charge in [-0.25, -0.2) is 0 Å². The number of hydrogen-bond acceptors (Lipinski definition) is 2. The molecular weight excluding hydrogens is 232 g/mol. The van der Waals surface area contributed by atoms with Crippen LogP contribution in [0.2, 0.25) is 0 Å². The molecule has 0 aliphatic carbocycles. The Morgan fingerprint density at radius 2 is 1.89 bits per heavy atom. The molecule has 1 rings (SSSR count). The highest BCUT2D eigenvalue weighted by Crippen LogP contribution is 2.20. The van der Waals surface area contributed by atoms with Gasteiger partial charge in [0.15, 0.2) is 0 Å². The molecule has 0 aromatic heterocycles. The molecule has 0 saturated heterocycles. The van der Waals surface area contributed by atoms with Gasteiger partial charge >= 0.3 is 0 Å². The largest absolute Gasteiger partial charge is 0.309 e. The van der Waals surface area contributed by atoms with Crippen molar-refractivity contribution in [3.05, 3.63) is 34.9 Å². The van der Waals surface area contributed by atoms with E-state index in [1.807, 2.05) is 0 Å². The topological polar surface area (TPSA) is 15.3 Å². The van der Waals surface area contributed by atoms with Crippen LogP contribution in [0.5, 0.6) is 0 Å². The summed E-state index contributed by atoms with van der Waals surface area (Å²) >= 11 is 0. The van der Waals surface area contributed by atoms with Crippen molar-refractivity contribution in [3.63, 3.8) is 0 Å². The molecular formula is C17H30N2. The first-order chi connectivity index (χ1) is 9.12. The van der Waals surface area contributed by atoms with E-state index in [1.54, 1.807) is 0 Å². The van der Waals surface area contributed by atoms with Gasteiger partial charge in [-0.3, -0.25) is 0 Å². The summed E-state index contributed by atoms with van der Waals surface area (Å²) in [5.74, 6) is 0. The Morgan fingerprint density at radius 1 is 1.16 bits per heavy atom. The summed E-state index contributed by atoms with van der Waals surface area (Å²) in [6.07, 6.45) is 1.22. The SMILES string of the molecule is CCCN(CC)CC(NCC)c1ccc(C)cc1C. The van der Waals surface area contributed by atoms with Crippen molar-refractivity contribution in [1.29, 1.82) is 0 Å². The van der Waals surface area contributed by atoms with Gasteiger partial charge in [0, 0.05) is 12.6 Å². The van der Waals surface area contributed by atoms with Crippen molar-refractivity contribution < 1.29 is 0 Å². The lowest BCUT2D eigenvalue weighted by Gasteiger charge is -2.28. The van der Waals surface area contributed by atoms with E-state index in [-0.39, 0.29) is 0 Å². The minimum Gasteiger partial charge on any atom is -0.309 e. The summed E-state index contributed by atoms with van der Waals surface area (Å²) in [6.45, 7) is 15.5. The molecule has 0 radical (unpaired) electrons. The lowest BCUT2D eigenvalue weighted by atomic mass is 9.98. The highest BCUT2D eigenvalue weighted by Gasteiger charge is 2.15. The van der Waals surface area contributed by atoms with Gasteiger partial charge in [0.1, 0.15) is 0 Å². The fourth-order valence-electron chi connectivity index (χ4n) is 2.69. The highest BCUT2D eigenvalue weighted by molar-refractivity contribution is 5.33. The van der Waals surface area contributed by atoms with Crippen molar-refractivity contribution in [2.75, 3.05) is 26.2 Å². The Bertz CT molecular complexity index is 374. The van der Waals surface area contributed by atoms with Gasteiger partial charge in [-0.05, 0) is 51.0 Å². The zero-order chi connectivity index (χ0) is 14.3. The third-order valence-corrected chi connectivity index (χ3v) is 3.68. The molecule has 1 unspecified atom stereocenters. The molecule has 0 aliphatic heterocycles. The predicted octanol–water partition coefficient (Wildman–Crippen LogP) is 3.69. The fraction of sp³-hybridized carbons (Fsp3) is 0.647. The van der Waals surface area contributed by atoms with E-state index in [0.717, 1.165) is 19.6 Å². The van der Waals surface area contributed by atoms with Crippen LogP contribution in [0, 0.1) is 13.8 Å². The molecule has 0 saturated carbocycles. The maximum absolute atomic E-state index is 3.64. The zero-order valence-corrected chi connectivity index (χ0v) is 13.3. The van der Waals surface area contributed by atoms with Crippen LogP contribution >= 0.6 is 0 Å². The zero-order valence-electron chi connectivity index (χ0n) is 13.3. The average molecular weight is 262 g/mol. The highest BCUT2D eigenvalue weighted by atomic mass is 15.1. The summed E-state index contributed by atoms with van der Waals surface area (Å²) in [4.78, 5) is 2.53. The molecule has 0 heterocycles. The smallest absolute Gasteiger partial charge is 0.0451 e. The summed E-state index contributed by atoms with van der Waals surface area (Å²) in [6, 6.07) is 7.24. The summed E-state index contributed by atoms with van der Waals surface area (Å²) in [7, 11) is 0. The molecule has 19 heavy (non-hydrogen) atoms. The van der Waals surface area contributed by atoms with E-state index in [1.165, 1.54) is 29.7 Å². The number of rotatable bonds is 8. The molecule has 2 nitrogen and oxygen atoms in total. The number of nitrogens with one attached hydrogen (secondary N) is 1. The minimum absolute atomic E-state index is 0.442. The van der Waals surface area contributed by atoms with Crippen molar-refractivity contribution in [2.45, 2.75) is 47.1 Å². The Kier molecular flexibility index (Phi) is 7.11. The van der Waals surface area contributed by atoms with E-state index in [4.69, 9.17) is 0 Å². The van der Waals surface area contributed by atoms with E-state index < -0.39 is 0 Å². The summed E-state index contributed by atoms with van der Waals surface area (Å²) < 4.78 is 0. The third-order valence-electron chi connectivity index (χ3n) is 3.68.